The number of hydrogen-bond acceptors (Lipinski definition) is 7. The molecule has 36 heavy (non-hydrogen) atoms. The monoisotopic (exact) mass is 496 g/mol. The molecule has 9 nitrogen and oxygen atoms in total. The highest BCUT2D eigenvalue weighted by atomic mass is 16.6. The summed E-state index contributed by atoms with van der Waals surface area (Å²) in [4.78, 5) is 20.8. The molecule has 1 aliphatic carbocycles. The van der Waals surface area contributed by atoms with E-state index >= 15 is 0 Å². The number of esters is 1. The molecule has 0 aliphatic heterocycles. The number of hydrogen-bond donors (Lipinski definition) is 5. The molecular weight excluding hydrogens is 468 g/mol. The molecular formula is C27H28O9. The molecule has 4 atom stereocenters. The zero-order chi connectivity index (χ0) is 26.1. The Bertz CT molecular complexity index is 1180. The number of phenolic OH excluding ortho intramolecular Hbond substituents is 1. The second-order valence-corrected chi connectivity index (χ2v) is 8.28. The number of carboxylic acid groups (broad SMARTS) is 2. The van der Waals surface area contributed by atoms with Crippen LogP contribution in [0.5, 0.6) is 5.75 Å². The standard InChI is InChI=1S/C26H26O6.CH2O3/c27-20-11-8-17(9-12-20)10-13-25(29)32-24-15-21(14-23(28)26(24)30)31-16-19-6-3-5-18-4-1-2-7-22(18)19;2-1(3)4/h1-13,21,23-24,26-28,30H,14-16H2;(H2,2,3,4)/b13-10+;/t21-,23-,24+,26+;/m0./s1. The van der Waals surface area contributed by atoms with Gasteiger partial charge < -0.3 is 35.0 Å². The van der Waals surface area contributed by atoms with Crippen LogP contribution in [0.25, 0.3) is 16.8 Å². The molecule has 0 spiro atoms. The van der Waals surface area contributed by atoms with E-state index in [9.17, 15) is 20.1 Å². The van der Waals surface area contributed by atoms with Crippen LogP contribution in [-0.2, 0) is 20.9 Å². The lowest BCUT2D eigenvalue weighted by Gasteiger charge is -2.36. The lowest BCUT2D eigenvalue weighted by molar-refractivity contribution is -0.171. The Labute approximate surface area is 207 Å². The van der Waals surface area contributed by atoms with Gasteiger partial charge in [0.2, 0.25) is 0 Å². The van der Waals surface area contributed by atoms with Crippen LogP contribution in [0.1, 0.15) is 24.0 Å². The molecule has 4 rings (SSSR count). The van der Waals surface area contributed by atoms with Gasteiger partial charge in [0.1, 0.15) is 18.0 Å². The SMILES string of the molecule is O=C(/C=C/c1ccc(O)cc1)O[C@@H]1C[C@@H](OCc2cccc3ccccc23)C[C@H](O)[C@H]1O.O=C(O)O. The van der Waals surface area contributed by atoms with Crippen molar-refractivity contribution >= 4 is 29.0 Å². The minimum Gasteiger partial charge on any atom is -0.508 e. The van der Waals surface area contributed by atoms with E-state index in [-0.39, 0.29) is 18.3 Å². The van der Waals surface area contributed by atoms with Crippen molar-refractivity contribution in [2.24, 2.45) is 0 Å². The van der Waals surface area contributed by atoms with Crippen molar-refractivity contribution in [3.05, 3.63) is 83.9 Å². The van der Waals surface area contributed by atoms with Crippen LogP contribution in [0, 0.1) is 0 Å². The molecule has 1 fully saturated rings. The summed E-state index contributed by atoms with van der Waals surface area (Å²) >= 11 is 0. The van der Waals surface area contributed by atoms with E-state index in [1.165, 1.54) is 18.2 Å². The van der Waals surface area contributed by atoms with Gasteiger partial charge in [-0.25, -0.2) is 9.59 Å². The maximum atomic E-state index is 12.2. The molecule has 0 bridgehead atoms. The summed E-state index contributed by atoms with van der Waals surface area (Å²) < 4.78 is 11.5. The lowest BCUT2D eigenvalue weighted by Crippen LogP contribution is -2.48. The van der Waals surface area contributed by atoms with Crippen LogP contribution in [0.4, 0.5) is 4.79 Å². The number of rotatable bonds is 6. The Hall–Kier alpha value is -3.92. The smallest absolute Gasteiger partial charge is 0.503 e. The molecule has 5 N–H and O–H groups in total. The summed E-state index contributed by atoms with van der Waals surface area (Å²) in [6.07, 6.45) is -1.89. The zero-order valence-electron chi connectivity index (χ0n) is 19.3. The summed E-state index contributed by atoms with van der Waals surface area (Å²) in [5.74, 6) is -0.484. The molecule has 0 unspecified atom stereocenters. The molecule has 9 heteroatoms. The van der Waals surface area contributed by atoms with E-state index in [1.807, 2.05) is 42.5 Å². The van der Waals surface area contributed by atoms with Crippen LogP contribution < -0.4 is 0 Å². The first-order valence-corrected chi connectivity index (χ1v) is 11.3. The van der Waals surface area contributed by atoms with Crippen molar-refractivity contribution in [2.75, 3.05) is 0 Å². The number of benzene rings is 3. The van der Waals surface area contributed by atoms with Crippen molar-refractivity contribution < 1.29 is 44.6 Å². The van der Waals surface area contributed by atoms with E-state index < -0.39 is 30.4 Å². The molecule has 0 amide bonds. The molecule has 1 saturated carbocycles. The van der Waals surface area contributed by atoms with Gasteiger partial charge in [-0.1, -0.05) is 54.6 Å². The topological polar surface area (TPSA) is 154 Å². The first-order valence-electron chi connectivity index (χ1n) is 11.3. The maximum absolute atomic E-state index is 12.2. The Balaban J connectivity index is 0.000000840. The zero-order valence-corrected chi connectivity index (χ0v) is 19.3. The number of fused-ring (bicyclic) bond motifs is 1. The van der Waals surface area contributed by atoms with Crippen LogP contribution in [0.15, 0.2) is 72.8 Å². The molecule has 1 aliphatic rings. The van der Waals surface area contributed by atoms with Crippen molar-refractivity contribution in [1.29, 1.82) is 0 Å². The predicted octanol–water partition coefficient (Wildman–Crippen LogP) is 3.79. The molecule has 0 saturated heterocycles. The number of aromatic hydroxyl groups is 1. The van der Waals surface area contributed by atoms with E-state index in [4.69, 9.17) is 24.5 Å². The quantitative estimate of drug-likeness (QED) is 0.253. The number of carbonyl (C=O) groups is 2. The summed E-state index contributed by atoms with van der Waals surface area (Å²) in [5, 5.41) is 46.1. The second kappa shape index (κ2) is 12.7. The number of carbonyl (C=O) groups excluding carboxylic acids is 1. The van der Waals surface area contributed by atoms with Crippen LogP contribution in [0.2, 0.25) is 0 Å². The number of aliphatic hydroxyl groups is 2. The fourth-order valence-corrected chi connectivity index (χ4v) is 3.97. The highest BCUT2D eigenvalue weighted by molar-refractivity contribution is 5.87. The number of ether oxygens (including phenoxy) is 2. The molecule has 0 heterocycles. The maximum Gasteiger partial charge on any atom is 0.503 e. The van der Waals surface area contributed by atoms with Gasteiger partial charge in [0.05, 0.1) is 18.8 Å². The van der Waals surface area contributed by atoms with Crippen LogP contribution in [0.3, 0.4) is 0 Å². The third-order valence-corrected chi connectivity index (χ3v) is 5.70. The van der Waals surface area contributed by atoms with Crippen molar-refractivity contribution in [1.82, 2.24) is 0 Å². The van der Waals surface area contributed by atoms with Gasteiger partial charge in [0.15, 0.2) is 0 Å². The average Bonchev–Trinajstić information content (AvgIpc) is 2.85. The van der Waals surface area contributed by atoms with Gasteiger partial charge in [0.25, 0.3) is 0 Å². The van der Waals surface area contributed by atoms with Crippen LogP contribution in [-0.4, -0.2) is 62.1 Å². The number of aliphatic hydroxyl groups excluding tert-OH is 2. The van der Waals surface area contributed by atoms with Crippen LogP contribution >= 0.6 is 0 Å². The Morgan fingerprint density at radius 3 is 2.31 bits per heavy atom. The Morgan fingerprint density at radius 1 is 0.917 bits per heavy atom. The summed E-state index contributed by atoms with van der Waals surface area (Å²) in [6, 6.07) is 20.4. The van der Waals surface area contributed by atoms with E-state index in [2.05, 4.69) is 0 Å². The Kier molecular flexibility index (Phi) is 9.40. The normalized spacial score (nSPS) is 21.5. The summed E-state index contributed by atoms with van der Waals surface area (Å²) in [7, 11) is 0. The summed E-state index contributed by atoms with van der Waals surface area (Å²) in [5.41, 5.74) is 1.76. The average molecular weight is 497 g/mol. The van der Waals surface area contributed by atoms with Gasteiger partial charge in [-0.3, -0.25) is 0 Å². The second-order valence-electron chi connectivity index (χ2n) is 8.28. The van der Waals surface area contributed by atoms with Gasteiger partial charge in [0, 0.05) is 18.9 Å². The Morgan fingerprint density at radius 2 is 1.58 bits per heavy atom. The largest absolute Gasteiger partial charge is 0.508 e. The van der Waals surface area contributed by atoms with E-state index in [1.54, 1.807) is 18.2 Å². The molecule has 0 radical (unpaired) electrons. The van der Waals surface area contributed by atoms with E-state index in [0.29, 0.717) is 13.0 Å². The third-order valence-electron chi connectivity index (χ3n) is 5.70. The highest BCUT2D eigenvalue weighted by Gasteiger charge is 2.38. The molecule has 190 valence electrons. The molecule has 3 aromatic carbocycles. The predicted molar refractivity (Wildman–Crippen MR) is 131 cm³/mol. The number of phenols is 1. The van der Waals surface area contributed by atoms with E-state index in [0.717, 1.165) is 21.9 Å². The van der Waals surface area contributed by atoms with Crippen molar-refractivity contribution in [2.45, 2.75) is 43.9 Å². The van der Waals surface area contributed by atoms with Gasteiger partial charge in [-0.15, -0.1) is 0 Å². The third kappa shape index (κ3) is 7.81. The highest BCUT2D eigenvalue weighted by Crippen LogP contribution is 2.27. The van der Waals surface area contributed by atoms with Gasteiger partial charge in [-0.2, -0.15) is 0 Å². The minimum absolute atomic E-state index is 0.138. The first kappa shape index (κ1) is 26.7. The first-order chi connectivity index (χ1) is 17.2. The molecule has 3 aromatic rings. The molecule has 0 aromatic heterocycles. The fraction of sp³-hybridized carbons (Fsp3) is 0.259. The lowest BCUT2D eigenvalue weighted by atomic mass is 9.89. The fourth-order valence-electron chi connectivity index (χ4n) is 3.97. The van der Waals surface area contributed by atoms with Crippen molar-refractivity contribution in [3.8, 4) is 5.75 Å². The minimum atomic E-state index is -1.83. The van der Waals surface area contributed by atoms with Gasteiger partial charge >= 0.3 is 12.1 Å². The van der Waals surface area contributed by atoms with Gasteiger partial charge in [-0.05, 0) is 40.1 Å². The van der Waals surface area contributed by atoms with Crippen molar-refractivity contribution in [3.63, 3.8) is 0 Å². The summed E-state index contributed by atoms with van der Waals surface area (Å²) in [6.45, 7) is 0.357.